The summed E-state index contributed by atoms with van der Waals surface area (Å²) in [6.45, 7) is 11.0. The van der Waals surface area contributed by atoms with Gasteiger partial charge in [0.05, 0.1) is 22.7 Å². The van der Waals surface area contributed by atoms with Crippen molar-refractivity contribution < 1.29 is 23.1 Å². The third-order valence-corrected chi connectivity index (χ3v) is 7.17. The quantitative estimate of drug-likeness (QED) is 0.446. The van der Waals surface area contributed by atoms with Crippen LogP contribution in [-0.4, -0.2) is 11.0 Å². The maximum absolute atomic E-state index is 13.7. The SMILES string of the molecule is CC1=C(Br)C2C#CC2(C(C)(C)C)C(O)=C1C(=O)Nc1ccc(C(C)C)cc1C(F)(F)F. The second-order valence-corrected chi connectivity index (χ2v) is 10.2. The van der Waals surface area contributed by atoms with Crippen molar-refractivity contribution in [3.8, 4) is 11.8 Å². The molecule has 31 heavy (non-hydrogen) atoms. The molecule has 0 fully saturated rings. The molecular weight excluding hydrogens is 471 g/mol. The van der Waals surface area contributed by atoms with E-state index in [0.717, 1.165) is 6.07 Å². The molecule has 0 radical (unpaired) electrons. The Hall–Kier alpha value is -2.20. The Labute approximate surface area is 188 Å². The number of hydrogen-bond acceptors (Lipinski definition) is 2. The number of carbonyl (C=O) groups excluding carboxylic acids is 1. The van der Waals surface area contributed by atoms with Crippen molar-refractivity contribution in [3.63, 3.8) is 0 Å². The number of aliphatic hydroxyl groups excluding tert-OH is 1. The number of halogens is 4. The van der Waals surface area contributed by atoms with Crippen molar-refractivity contribution >= 4 is 27.5 Å². The van der Waals surface area contributed by atoms with Gasteiger partial charge in [0.15, 0.2) is 0 Å². The highest BCUT2D eigenvalue weighted by Gasteiger charge is 2.59. The van der Waals surface area contributed by atoms with Crippen LogP contribution in [0.3, 0.4) is 0 Å². The van der Waals surface area contributed by atoms with Gasteiger partial charge < -0.3 is 10.4 Å². The van der Waals surface area contributed by atoms with E-state index in [2.05, 4.69) is 33.1 Å². The van der Waals surface area contributed by atoms with Crippen LogP contribution in [0.1, 0.15) is 58.6 Å². The maximum atomic E-state index is 13.7. The van der Waals surface area contributed by atoms with E-state index in [0.29, 0.717) is 15.6 Å². The molecule has 1 aromatic rings. The van der Waals surface area contributed by atoms with E-state index in [1.807, 2.05) is 20.8 Å². The number of anilines is 1. The first-order chi connectivity index (χ1) is 14.1. The second kappa shape index (κ2) is 7.44. The molecule has 3 nitrogen and oxygen atoms in total. The van der Waals surface area contributed by atoms with Gasteiger partial charge in [-0.2, -0.15) is 13.2 Å². The zero-order valence-electron chi connectivity index (χ0n) is 18.3. The van der Waals surface area contributed by atoms with Crippen molar-refractivity contribution in [2.24, 2.45) is 16.7 Å². The smallest absolute Gasteiger partial charge is 0.418 e. The molecule has 1 aromatic carbocycles. The third-order valence-electron chi connectivity index (χ3n) is 6.12. The minimum Gasteiger partial charge on any atom is -0.510 e. The summed E-state index contributed by atoms with van der Waals surface area (Å²) in [5.41, 5.74) is -1.83. The number of amides is 1. The first-order valence-corrected chi connectivity index (χ1v) is 10.8. The number of hydrogen-bond donors (Lipinski definition) is 2. The Bertz CT molecular complexity index is 1080. The number of rotatable bonds is 3. The van der Waals surface area contributed by atoms with E-state index in [1.54, 1.807) is 26.8 Å². The lowest BCUT2D eigenvalue weighted by molar-refractivity contribution is -0.137. The van der Waals surface area contributed by atoms with Gasteiger partial charge in [0.1, 0.15) is 11.2 Å². The summed E-state index contributed by atoms with van der Waals surface area (Å²) in [4.78, 5) is 13.2. The Morgan fingerprint density at radius 1 is 1.26 bits per heavy atom. The lowest BCUT2D eigenvalue weighted by Crippen LogP contribution is -2.50. The summed E-state index contributed by atoms with van der Waals surface area (Å²) in [7, 11) is 0. The van der Waals surface area contributed by atoms with Gasteiger partial charge in [-0.25, -0.2) is 0 Å². The monoisotopic (exact) mass is 495 g/mol. The van der Waals surface area contributed by atoms with Crippen LogP contribution < -0.4 is 5.32 Å². The Morgan fingerprint density at radius 2 is 1.87 bits per heavy atom. The zero-order valence-corrected chi connectivity index (χ0v) is 19.8. The van der Waals surface area contributed by atoms with Gasteiger partial charge in [0.2, 0.25) is 0 Å². The van der Waals surface area contributed by atoms with Crippen LogP contribution in [0.25, 0.3) is 0 Å². The van der Waals surface area contributed by atoms with Crippen LogP contribution in [-0.2, 0) is 11.0 Å². The molecule has 0 heterocycles. The molecule has 2 unspecified atom stereocenters. The molecule has 2 aliphatic carbocycles. The van der Waals surface area contributed by atoms with Gasteiger partial charge >= 0.3 is 6.18 Å². The minimum atomic E-state index is -4.64. The highest BCUT2D eigenvalue weighted by atomic mass is 79.9. The fraction of sp³-hybridized carbons (Fsp3) is 0.458. The summed E-state index contributed by atoms with van der Waals surface area (Å²) in [5, 5.41) is 13.5. The first kappa shape index (κ1) is 23.5. The van der Waals surface area contributed by atoms with Gasteiger partial charge in [-0.05, 0) is 41.5 Å². The normalized spacial score (nSPS) is 23.3. The van der Waals surface area contributed by atoms with Gasteiger partial charge in [-0.15, -0.1) is 0 Å². The predicted molar refractivity (Wildman–Crippen MR) is 119 cm³/mol. The van der Waals surface area contributed by atoms with Gasteiger partial charge in [0.25, 0.3) is 5.91 Å². The number of allylic oxidation sites excluding steroid dienone is 2. The largest absolute Gasteiger partial charge is 0.510 e. The molecule has 7 heteroatoms. The van der Waals surface area contributed by atoms with E-state index < -0.39 is 28.5 Å². The van der Waals surface area contributed by atoms with Crippen molar-refractivity contribution in [2.45, 2.75) is 53.6 Å². The van der Waals surface area contributed by atoms with Crippen molar-refractivity contribution in [1.82, 2.24) is 0 Å². The van der Waals surface area contributed by atoms with E-state index in [-0.39, 0.29) is 28.9 Å². The maximum Gasteiger partial charge on any atom is 0.418 e. The van der Waals surface area contributed by atoms with E-state index in [1.165, 1.54) is 6.07 Å². The minimum absolute atomic E-state index is 0.0480. The van der Waals surface area contributed by atoms with E-state index >= 15 is 0 Å². The molecule has 2 N–H and O–H groups in total. The van der Waals surface area contributed by atoms with E-state index in [9.17, 15) is 23.1 Å². The van der Waals surface area contributed by atoms with Gasteiger partial charge in [0, 0.05) is 4.48 Å². The van der Waals surface area contributed by atoms with Crippen molar-refractivity contribution in [1.29, 1.82) is 0 Å². The number of alkyl halides is 3. The Balaban J connectivity index is 2.09. The van der Waals surface area contributed by atoms with Crippen LogP contribution in [0.2, 0.25) is 0 Å². The van der Waals surface area contributed by atoms with Crippen molar-refractivity contribution in [2.75, 3.05) is 5.32 Å². The Morgan fingerprint density at radius 3 is 2.32 bits per heavy atom. The fourth-order valence-corrected chi connectivity index (χ4v) is 4.81. The number of carbonyl (C=O) groups is 1. The number of fused-ring (bicyclic) bond motifs is 1. The van der Waals surface area contributed by atoms with Crippen LogP contribution in [0.15, 0.2) is 39.6 Å². The molecule has 0 spiro atoms. The Kier molecular flexibility index (Phi) is 5.63. The lowest BCUT2D eigenvalue weighted by atomic mass is 9.52. The summed E-state index contributed by atoms with van der Waals surface area (Å²) in [5.74, 6) is 4.65. The molecule has 2 atom stereocenters. The molecular formula is C24H25BrF3NO2. The van der Waals surface area contributed by atoms with Gasteiger partial charge in [-0.1, -0.05) is 68.5 Å². The molecule has 0 bridgehead atoms. The summed E-state index contributed by atoms with van der Waals surface area (Å²) < 4.78 is 41.7. The van der Waals surface area contributed by atoms with Crippen LogP contribution in [0.5, 0.6) is 0 Å². The summed E-state index contributed by atoms with van der Waals surface area (Å²) in [6.07, 6.45) is -4.64. The van der Waals surface area contributed by atoms with Gasteiger partial charge in [-0.3, -0.25) is 4.79 Å². The highest BCUT2D eigenvalue weighted by molar-refractivity contribution is 9.11. The number of nitrogens with one attached hydrogen (secondary N) is 1. The molecule has 2 aliphatic rings. The fourth-order valence-electron chi connectivity index (χ4n) is 4.15. The van der Waals surface area contributed by atoms with Crippen LogP contribution >= 0.6 is 15.9 Å². The van der Waals surface area contributed by atoms with Crippen LogP contribution in [0.4, 0.5) is 18.9 Å². The molecule has 3 rings (SSSR count). The topological polar surface area (TPSA) is 49.3 Å². The van der Waals surface area contributed by atoms with Crippen molar-refractivity contribution in [3.05, 3.63) is 50.7 Å². The average molecular weight is 496 g/mol. The number of aliphatic hydroxyl groups is 1. The summed E-state index contributed by atoms with van der Waals surface area (Å²) in [6, 6.07) is 3.88. The third kappa shape index (κ3) is 3.59. The molecule has 0 saturated carbocycles. The lowest BCUT2D eigenvalue weighted by Gasteiger charge is -2.50. The molecule has 0 aromatic heterocycles. The molecule has 0 aliphatic heterocycles. The van der Waals surface area contributed by atoms with Crippen LogP contribution in [0, 0.1) is 28.6 Å². The zero-order chi connectivity index (χ0) is 23.5. The molecule has 0 saturated heterocycles. The molecule has 1 amide bonds. The standard InChI is InChI=1S/C24H25BrF3NO2/c1-12(2)14-7-8-17(16(11-14)24(26,27)28)29-21(31)18-13(3)19(25)15-9-10-23(15,20(18)30)22(4,5)6/h7-8,11-12,15,30H,1-6H3,(H,29,31). The van der Waals surface area contributed by atoms with E-state index in [4.69, 9.17) is 0 Å². The highest BCUT2D eigenvalue weighted by Crippen LogP contribution is 2.60. The second-order valence-electron chi connectivity index (χ2n) is 9.37. The average Bonchev–Trinajstić information content (AvgIpc) is 2.58. The first-order valence-electron chi connectivity index (χ1n) is 9.98. The predicted octanol–water partition coefficient (Wildman–Crippen LogP) is 6.93. The summed E-state index contributed by atoms with van der Waals surface area (Å²) >= 11 is 3.50. The number of benzene rings is 1. The molecule has 166 valence electrons.